The molecule has 0 bridgehead atoms. The molecule has 4 aromatic rings. The van der Waals surface area contributed by atoms with Crippen molar-refractivity contribution < 1.29 is 14.3 Å². The number of benzene rings is 4. The molecular weight excluding hydrogens is 507 g/mol. The van der Waals surface area contributed by atoms with Gasteiger partial charge in [-0.1, -0.05) is 96.0 Å². The molecule has 0 aromatic heterocycles. The van der Waals surface area contributed by atoms with Gasteiger partial charge in [-0.3, -0.25) is 4.79 Å². The third-order valence-corrected chi connectivity index (χ3v) is 6.93. The summed E-state index contributed by atoms with van der Waals surface area (Å²) >= 11 is 12.3. The van der Waals surface area contributed by atoms with Crippen molar-refractivity contribution in [3.63, 3.8) is 0 Å². The number of ether oxygens (including phenoxy) is 2. The number of esters is 1. The molecule has 1 heterocycles. The second kappa shape index (κ2) is 10.4. The van der Waals surface area contributed by atoms with Crippen molar-refractivity contribution in [1.82, 2.24) is 0 Å². The van der Waals surface area contributed by atoms with Gasteiger partial charge in [0, 0.05) is 11.6 Å². The molecule has 0 aliphatic carbocycles. The lowest BCUT2D eigenvalue weighted by Crippen LogP contribution is -2.22. The lowest BCUT2D eigenvalue weighted by molar-refractivity contribution is -0.135. The molecule has 4 aromatic carbocycles. The summed E-state index contributed by atoms with van der Waals surface area (Å²) in [5.41, 5.74) is 9.43. The number of carbonyl (C=O) groups excluding carboxylic acids is 1. The van der Waals surface area contributed by atoms with E-state index in [2.05, 4.69) is 6.07 Å². The Labute approximate surface area is 224 Å². The van der Waals surface area contributed by atoms with Gasteiger partial charge < -0.3 is 15.2 Å². The van der Waals surface area contributed by atoms with E-state index in [9.17, 15) is 10.1 Å². The van der Waals surface area contributed by atoms with Gasteiger partial charge in [-0.05, 0) is 34.9 Å². The Morgan fingerprint density at radius 1 is 0.892 bits per heavy atom. The summed E-state index contributed by atoms with van der Waals surface area (Å²) < 4.78 is 11.6. The molecule has 2 N–H and O–H groups in total. The van der Waals surface area contributed by atoms with Crippen LogP contribution in [-0.2, 0) is 4.79 Å². The van der Waals surface area contributed by atoms with Crippen LogP contribution in [0.25, 0.3) is 0 Å². The molecule has 0 amide bonds. The van der Waals surface area contributed by atoms with Crippen LogP contribution in [0.3, 0.4) is 0 Å². The number of nitrogens with zero attached hydrogens (tertiary/aromatic N) is 1. The second-order valence-corrected chi connectivity index (χ2v) is 9.29. The lowest BCUT2D eigenvalue weighted by atomic mass is 9.83. The van der Waals surface area contributed by atoms with Gasteiger partial charge in [-0.25, -0.2) is 0 Å². The number of hydrogen-bond donors (Lipinski definition) is 1. The van der Waals surface area contributed by atoms with Gasteiger partial charge >= 0.3 is 5.97 Å². The van der Waals surface area contributed by atoms with E-state index in [4.69, 9.17) is 38.4 Å². The molecule has 0 saturated heterocycles. The van der Waals surface area contributed by atoms with Crippen molar-refractivity contribution in [3.05, 3.63) is 141 Å². The molecule has 5 nitrogen and oxygen atoms in total. The van der Waals surface area contributed by atoms with Crippen molar-refractivity contribution in [1.29, 1.82) is 5.26 Å². The Morgan fingerprint density at radius 2 is 1.54 bits per heavy atom. The number of fused-ring (bicyclic) bond motifs is 1. The van der Waals surface area contributed by atoms with Gasteiger partial charge in [0.05, 0.1) is 16.0 Å². The average molecular weight is 527 g/mol. The first-order valence-corrected chi connectivity index (χ1v) is 12.2. The molecule has 0 fully saturated rings. The van der Waals surface area contributed by atoms with Crippen molar-refractivity contribution in [2.75, 3.05) is 0 Å². The SMILES string of the molecule is N#CC1=C(N)Oc2cc(OC(=O)C(c3ccccc3)c3ccccc3)ccc2C1c1ccc(Cl)c(Cl)c1. The maximum atomic E-state index is 13.4. The normalized spacial score (nSPS) is 14.5. The maximum absolute atomic E-state index is 13.4. The maximum Gasteiger partial charge on any atom is 0.323 e. The monoisotopic (exact) mass is 526 g/mol. The predicted molar refractivity (Wildman–Crippen MR) is 143 cm³/mol. The molecule has 1 atom stereocenters. The molecule has 1 aliphatic heterocycles. The van der Waals surface area contributed by atoms with E-state index in [1.165, 1.54) is 0 Å². The van der Waals surface area contributed by atoms with E-state index >= 15 is 0 Å². The zero-order valence-corrected chi connectivity index (χ0v) is 20.9. The fourth-order valence-corrected chi connectivity index (χ4v) is 4.77. The minimum atomic E-state index is -0.613. The van der Waals surface area contributed by atoms with Gasteiger partial charge in [0.15, 0.2) is 0 Å². The summed E-state index contributed by atoms with van der Waals surface area (Å²) in [5, 5.41) is 10.6. The molecule has 1 aliphatic rings. The number of nitrogens with two attached hydrogens (primary N) is 1. The van der Waals surface area contributed by atoms with Crippen LogP contribution in [-0.4, -0.2) is 5.97 Å². The minimum Gasteiger partial charge on any atom is -0.440 e. The third-order valence-electron chi connectivity index (χ3n) is 6.19. The van der Waals surface area contributed by atoms with Crippen LogP contribution < -0.4 is 15.2 Å². The van der Waals surface area contributed by atoms with Crippen LogP contribution in [0.2, 0.25) is 10.0 Å². The van der Waals surface area contributed by atoms with E-state index in [1.54, 1.807) is 36.4 Å². The highest BCUT2D eigenvalue weighted by atomic mass is 35.5. The average Bonchev–Trinajstić information content (AvgIpc) is 2.91. The lowest BCUT2D eigenvalue weighted by Gasteiger charge is -2.27. The van der Waals surface area contributed by atoms with E-state index in [-0.39, 0.29) is 11.5 Å². The van der Waals surface area contributed by atoms with E-state index in [0.29, 0.717) is 27.1 Å². The molecular formula is C30H20Cl2N2O3. The van der Waals surface area contributed by atoms with Crippen LogP contribution in [0, 0.1) is 11.3 Å². The van der Waals surface area contributed by atoms with Crippen molar-refractivity contribution in [2.24, 2.45) is 5.73 Å². The van der Waals surface area contributed by atoms with Crippen molar-refractivity contribution in [2.45, 2.75) is 11.8 Å². The number of hydrogen-bond acceptors (Lipinski definition) is 5. The fraction of sp³-hybridized carbons (Fsp3) is 0.0667. The molecule has 0 spiro atoms. The number of halogens is 2. The fourth-order valence-electron chi connectivity index (χ4n) is 4.46. The third kappa shape index (κ3) is 4.90. The summed E-state index contributed by atoms with van der Waals surface area (Å²) in [7, 11) is 0. The molecule has 0 saturated carbocycles. The Kier molecular flexibility index (Phi) is 6.87. The molecule has 7 heteroatoms. The summed E-state index contributed by atoms with van der Waals surface area (Å²) in [4.78, 5) is 13.4. The van der Waals surface area contributed by atoms with Crippen LogP contribution in [0.5, 0.6) is 11.5 Å². The Hall–Kier alpha value is -4.24. The van der Waals surface area contributed by atoms with E-state index in [0.717, 1.165) is 16.7 Å². The Bertz CT molecular complexity index is 1510. The summed E-state index contributed by atoms with van der Waals surface area (Å²) in [6, 6.07) is 31.3. The first kappa shape index (κ1) is 24.5. The molecule has 182 valence electrons. The minimum absolute atomic E-state index is 0.0269. The zero-order valence-electron chi connectivity index (χ0n) is 19.4. The highest BCUT2D eigenvalue weighted by molar-refractivity contribution is 6.42. The van der Waals surface area contributed by atoms with Crippen LogP contribution in [0.4, 0.5) is 0 Å². The number of nitriles is 1. The number of allylic oxidation sites excluding steroid dienone is 1. The first-order valence-electron chi connectivity index (χ1n) is 11.4. The van der Waals surface area contributed by atoms with Gasteiger partial charge in [0.1, 0.15) is 29.1 Å². The zero-order chi connectivity index (χ0) is 25.9. The Balaban J connectivity index is 1.50. The topological polar surface area (TPSA) is 85.3 Å². The molecule has 37 heavy (non-hydrogen) atoms. The number of carbonyl (C=O) groups is 1. The van der Waals surface area contributed by atoms with Crippen LogP contribution in [0.15, 0.2) is 109 Å². The quantitative estimate of drug-likeness (QED) is 0.224. The standard InChI is InChI=1S/C30H20Cl2N2O3/c31-24-14-11-20(15-25(24)32)28-22-13-12-21(16-26(22)37-29(34)23(28)17-33)36-30(35)27(18-7-3-1-4-8-18)19-9-5-2-6-10-19/h1-16,27-28H,34H2. The summed E-state index contributed by atoms with van der Waals surface area (Å²) in [6.07, 6.45) is 0. The van der Waals surface area contributed by atoms with Crippen molar-refractivity contribution in [3.8, 4) is 17.6 Å². The number of rotatable bonds is 5. The van der Waals surface area contributed by atoms with Crippen LogP contribution in [0.1, 0.15) is 34.1 Å². The van der Waals surface area contributed by atoms with E-state index in [1.807, 2.05) is 60.7 Å². The first-order chi connectivity index (χ1) is 18.0. The summed E-state index contributed by atoms with van der Waals surface area (Å²) in [5.74, 6) is -0.917. The second-order valence-electron chi connectivity index (χ2n) is 8.47. The highest BCUT2D eigenvalue weighted by Crippen LogP contribution is 2.44. The van der Waals surface area contributed by atoms with Crippen LogP contribution >= 0.6 is 23.2 Å². The highest BCUT2D eigenvalue weighted by Gasteiger charge is 2.32. The Morgan fingerprint density at radius 3 is 2.14 bits per heavy atom. The smallest absolute Gasteiger partial charge is 0.323 e. The van der Waals surface area contributed by atoms with Crippen molar-refractivity contribution >= 4 is 29.2 Å². The molecule has 1 unspecified atom stereocenters. The van der Waals surface area contributed by atoms with E-state index < -0.39 is 17.8 Å². The van der Waals surface area contributed by atoms with Gasteiger partial charge in [0.2, 0.25) is 5.88 Å². The summed E-state index contributed by atoms with van der Waals surface area (Å²) in [6.45, 7) is 0. The molecule has 0 radical (unpaired) electrons. The molecule has 5 rings (SSSR count). The van der Waals surface area contributed by atoms with Gasteiger partial charge in [-0.2, -0.15) is 5.26 Å². The predicted octanol–water partition coefficient (Wildman–Crippen LogP) is 6.95. The van der Waals surface area contributed by atoms with Gasteiger partial charge in [0.25, 0.3) is 0 Å². The largest absolute Gasteiger partial charge is 0.440 e. The van der Waals surface area contributed by atoms with Gasteiger partial charge in [-0.15, -0.1) is 0 Å².